The van der Waals surface area contributed by atoms with E-state index in [1.54, 1.807) is 24.3 Å². The van der Waals surface area contributed by atoms with Gasteiger partial charge in [-0.1, -0.05) is 18.2 Å². The Kier molecular flexibility index (Phi) is 5.17. The van der Waals surface area contributed by atoms with E-state index in [0.717, 1.165) is 39.1 Å². The third-order valence-electron chi connectivity index (χ3n) is 4.94. The first-order valence-electron chi connectivity index (χ1n) is 8.84. The van der Waals surface area contributed by atoms with Gasteiger partial charge in [-0.2, -0.15) is 0 Å². The second kappa shape index (κ2) is 7.28. The van der Waals surface area contributed by atoms with E-state index in [0.29, 0.717) is 0 Å². The molecule has 1 aliphatic carbocycles. The van der Waals surface area contributed by atoms with Crippen LogP contribution in [0.25, 0.3) is 17.2 Å². The number of carbonyl (C=O) groups is 1. The topological polar surface area (TPSA) is 74.7 Å². The van der Waals surface area contributed by atoms with Crippen LogP contribution in [0, 0.1) is 0 Å². The maximum absolute atomic E-state index is 11.7. The number of aliphatic carboxylic acids is 1. The third kappa shape index (κ3) is 3.87. The fourth-order valence-corrected chi connectivity index (χ4v) is 4.03. The van der Waals surface area contributed by atoms with E-state index < -0.39 is 15.8 Å². The Morgan fingerprint density at radius 2 is 1.71 bits per heavy atom. The monoisotopic (exact) mass is 397 g/mol. The van der Waals surface area contributed by atoms with E-state index in [-0.39, 0.29) is 11.3 Å². The number of sulfone groups is 1. The number of anilines is 1. The van der Waals surface area contributed by atoms with Gasteiger partial charge in [0.05, 0.1) is 11.3 Å². The molecule has 3 rings (SSSR count). The maximum Gasteiger partial charge on any atom is 0.307 e. The number of carboxylic acids is 1. The summed E-state index contributed by atoms with van der Waals surface area (Å²) in [6.45, 7) is 1.93. The van der Waals surface area contributed by atoms with Crippen LogP contribution < -0.4 is 4.90 Å². The molecule has 0 bridgehead atoms. The molecule has 2 aromatic carbocycles. The Balaban J connectivity index is 2.12. The Morgan fingerprint density at radius 1 is 1.07 bits per heavy atom. The summed E-state index contributed by atoms with van der Waals surface area (Å²) in [4.78, 5) is 13.7. The molecular formula is C22H23NO4S. The van der Waals surface area contributed by atoms with Gasteiger partial charge in [-0.3, -0.25) is 4.79 Å². The molecule has 0 aliphatic heterocycles. The molecule has 0 fully saturated rings. The van der Waals surface area contributed by atoms with Gasteiger partial charge in [0.1, 0.15) is 0 Å². The minimum Gasteiger partial charge on any atom is -0.481 e. The highest BCUT2D eigenvalue weighted by molar-refractivity contribution is 7.90. The molecule has 0 heterocycles. The Morgan fingerprint density at radius 3 is 2.25 bits per heavy atom. The molecule has 0 atom stereocenters. The van der Waals surface area contributed by atoms with Crippen molar-refractivity contribution in [1.29, 1.82) is 0 Å². The van der Waals surface area contributed by atoms with Crippen LogP contribution in [0.3, 0.4) is 0 Å². The molecule has 1 aliphatic rings. The number of rotatable bonds is 5. The quantitative estimate of drug-likeness (QED) is 0.827. The average Bonchev–Trinajstić information content (AvgIpc) is 2.86. The number of fused-ring (bicyclic) bond motifs is 1. The molecule has 0 unspecified atom stereocenters. The predicted molar refractivity (Wildman–Crippen MR) is 113 cm³/mol. The van der Waals surface area contributed by atoms with Gasteiger partial charge in [-0.25, -0.2) is 8.42 Å². The predicted octanol–water partition coefficient (Wildman–Crippen LogP) is 3.96. The summed E-state index contributed by atoms with van der Waals surface area (Å²) in [5.74, 6) is -0.866. The number of hydrogen-bond acceptors (Lipinski definition) is 4. The summed E-state index contributed by atoms with van der Waals surface area (Å²) in [6.07, 6.45) is 3.12. The van der Waals surface area contributed by atoms with E-state index in [2.05, 4.69) is 0 Å². The van der Waals surface area contributed by atoms with Crippen molar-refractivity contribution in [3.63, 3.8) is 0 Å². The van der Waals surface area contributed by atoms with Crippen molar-refractivity contribution in [3.8, 4) is 0 Å². The van der Waals surface area contributed by atoms with Crippen molar-refractivity contribution < 1.29 is 18.3 Å². The summed E-state index contributed by atoms with van der Waals surface area (Å²) in [7, 11) is 0.656. The molecule has 0 spiro atoms. The molecule has 146 valence electrons. The summed E-state index contributed by atoms with van der Waals surface area (Å²) < 4.78 is 23.3. The number of nitrogens with zero attached hydrogens (tertiary/aromatic N) is 1. The molecule has 0 aromatic heterocycles. The van der Waals surface area contributed by atoms with Crippen LogP contribution in [0.4, 0.5) is 5.69 Å². The maximum atomic E-state index is 11.7. The first-order valence-corrected chi connectivity index (χ1v) is 10.7. The summed E-state index contributed by atoms with van der Waals surface area (Å²) in [6, 6.07) is 12.7. The SMILES string of the molecule is CC1=C(CC(=O)O)c2cc(N(C)C)ccc2/C1=C/c1ccc(S(C)(=O)=O)cc1. The van der Waals surface area contributed by atoms with Crippen LogP contribution in [0.2, 0.25) is 0 Å². The largest absolute Gasteiger partial charge is 0.481 e. The smallest absolute Gasteiger partial charge is 0.307 e. The minimum atomic E-state index is -3.24. The van der Waals surface area contributed by atoms with Crippen LogP contribution in [0.1, 0.15) is 30.0 Å². The lowest BCUT2D eigenvalue weighted by molar-refractivity contribution is -0.135. The number of hydrogen-bond donors (Lipinski definition) is 1. The minimum absolute atomic E-state index is 0.0416. The van der Waals surface area contributed by atoms with Crippen LogP contribution in [0.5, 0.6) is 0 Å². The molecule has 0 saturated heterocycles. The zero-order chi connectivity index (χ0) is 20.6. The van der Waals surface area contributed by atoms with Gasteiger partial charge in [0.2, 0.25) is 0 Å². The van der Waals surface area contributed by atoms with Crippen molar-refractivity contribution in [2.45, 2.75) is 18.2 Å². The standard InChI is InChI=1S/C22H23NO4S/c1-14-19(11-15-5-8-17(9-6-15)28(4,26)27)18-10-7-16(23(2)3)12-21(18)20(14)13-22(24)25/h5-12H,13H2,1-4H3,(H,24,25)/b19-11+. The van der Waals surface area contributed by atoms with Gasteiger partial charge in [-0.15, -0.1) is 0 Å². The van der Waals surface area contributed by atoms with Crippen LogP contribution >= 0.6 is 0 Å². The molecule has 28 heavy (non-hydrogen) atoms. The highest BCUT2D eigenvalue weighted by Crippen LogP contribution is 2.44. The molecule has 6 heteroatoms. The zero-order valence-corrected chi connectivity index (χ0v) is 17.2. The first kappa shape index (κ1) is 19.9. The lowest BCUT2D eigenvalue weighted by Crippen LogP contribution is -2.09. The van der Waals surface area contributed by atoms with Gasteiger partial charge < -0.3 is 10.0 Å². The molecule has 0 saturated carbocycles. The van der Waals surface area contributed by atoms with Crippen molar-refractivity contribution in [2.75, 3.05) is 25.3 Å². The fourth-order valence-electron chi connectivity index (χ4n) is 3.40. The Bertz CT molecular complexity index is 1110. The summed E-state index contributed by atoms with van der Waals surface area (Å²) >= 11 is 0. The highest BCUT2D eigenvalue weighted by Gasteiger charge is 2.25. The van der Waals surface area contributed by atoms with Crippen molar-refractivity contribution in [1.82, 2.24) is 0 Å². The number of carboxylic acid groups (broad SMARTS) is 1. The summed E-state index contributed by atoms with van der Waals surface area (Å²) in [5.41, 5.74) is 6.50. The third-order valence-corrected chi connectivity index (χ3v) is 6.07. The van der Waals surface area contributed by atoms with Crippen LogP contribution in [-0.2, 0) is 14.6 Å². The second-order valence-corrected chi connectivity index (χ2v) is 9.21. The average molecular weight is 397 g/mol. The van der Waals surface area contributed by atoms with Gasteiger partial charge in [-0.05, 0) is 70.7 Å². The van der Waals surface area contributed by atoms with Crippen molar-refractivity contribution in [3.05, 3.63) is 64.7 Å². The van der Waals surface area contributed by atoms with E-state index in [9.17, 15) is 18.3 Å². The molecule has 0 radical (unpaired) electrons. The highest BCUT2D eigenvalue weighted by atomic mass is 32.2. The van der Waals surface area contributed by atoms with E-state index in [1.807, 2.05) is 50.2 Å². The Labute approximate surface area is 165 Å². The summed E-state index contributed by atoms with van der Waals surface area (Å²) in [5, 5.41) is 9.36. The first-order chi connectivity index (χ1) is 13.1. The molecular weight excluding hydrogens is 374 g/mol. The molecule has 0 amide bonds. The lowest BCUT2D eigenvalue weighted by Gasteiger charge is -2.15. The Hall–Kier alpha value is -2.86. The van der Waals surface area contributed by atoms with Gasteiger partial charge >= 0.3 is 5.97 Å². The molecule has 1 N–H and O–H groups in total. The van der Waals surface area contributed by atoms with Crippen molar-refractivity contribution >= 4 is 38.7 Å². The molecule has 5 nitrogen and oxygen atoms in total. The normalized spacial score (nSPS) is 15.1. The van der Waals surface area contributed by atoms with E-state index >= 15 is 0 Å². The number of allylic oxidation sites excluding steroid dienone is 2. The van der Waals surface area contributed by atoms with E-state index in [1.165, 1.54) is 6.26 Å². The second-order valence-electron chi connectivity index (χ2n) is 7.20. The van der Waals surface area contributed by atoms with Gasteiger partial charge in [0.25, 0.3) is 0 Å². The lowest BCUT2D eigenvalue weighted by atomic mass is 10.00. The van der Waals surface area contributed by atoms with E-state index in [4.69, 9.17) is 0 Å². The van der Waals surface area contributed by atoms with Crippen LogP contribution in [0.15, 0.2) is 52.9 Å². The fraction of sp³-hybridized carbons (Fsp3) is 0.227. The van der Waals surface area contributed by atoms with Crippen LogP contribution in [-0.4, -0.2) is 39.8 Å². The van der Waals surface area contributed by atoms with Crippen molar-refractivity contribution in [2.24, 2.45) is 0 Å². The number of benzene rings is 2. The zero-order valence-electron chi connectivity index (χ0n) is 16.4. The molecule has 2 aromatic rings. The van der Waals surface area contributed by atoms with Gasteiger partial charge in [0, 0.05) is 26.0 Å². The van der Waals surface area contributed by atoms with Gasteiger partial charge in [0.15, 0.2) is 9.84 Å².